The predicted molar refractivity (Wildman–Crippen MR) is 62.1 cm³/mol. The summed E-state index contributed by atoms with van der Waals surface area (Å²) in [4.78, 5) is 0. The Balaban J connectivity index is 1.96. The standard InChI is InChI=1S/C14H26/c1-5-12-11(4)14(12)13-8-9(2)6-7-10(13)3/h9-14H,5-8H2,1-4H3. The molecule has 82 valence electrons. The van der Waals surface area contributed by atoms with E-state index in [2.05, 4.69) is 27.7 Å². The summed E-state index contributed by atoms with van der Waals surface area (Å²) in [7, 11) is 0. The van der Waals surface area contributed by atoms with Crippen LogP contribution < -0.4 is 0 Å². The van der Waals surface area contributed by atoms with Gasteiger partial charge in [-0.25, -0.2) is 0 Å². The van der Waals surface area contributed by atoms with Gasteiger partial charge in [0.1, 0.15) is 0 Å². The average Bonchev–Trinajstić information content (AvgIpc) is 2.81. The monoisotopic (exact) mass is 194 g/mol. The first-order valence-electron chi connectivity index (χ1n) is 6.65. The second-order valence-electron chi connectivity index (χ2n) is 6.07. The van der Waals surface area contributed by atoms with E-state index < -0.39 is 0 Å². The van der Waals surface area contributed by atoms with E-state index in [0.29, 0.717) is 0 Å². The zero-order chi connectivity index (χ0) is 10.3. The van der Waals surface area contributed by atoms with Crippen LogP contribution in [0.4, 0.5) is 0 Å². The third kappa shape index (κ3) is 1.73. The normalized spacial score (nSPS) is 53.1. The summed E-state index contributed by atoms with van der Waals surface area (Å²) in [5.74, 6) is 6.29. The molecule has 0 aromatic rings. The van der Waals surface area contributed by atoms with Crippen molar-refractivity contribution in [2.24, 2.45) is 35.5 Å². The van der Waals surface area contributed by atoms with Crippen LogP contribution in [-0.2, 0) is 0 Å². The molecule has 0 spiro atoms. The minimum absolute atomic E-state index is 1.00. The molecule has 0 heterocycles. The van der Waals surface area contributed by atoms with E-state index in [1.807, 2.05) is 0 Å². The molecule has 0 aromatic heterocycles. The molecule has 2 saturated carbocycles. The molecule has 0 nitrogen and oxygen atoms in total. The Labute approximate surface area is 89.5 Å². The lowest BCUT2D eigenvalue weighted by atomic mass is 9.72. The molecule has 2 rings (SSSR count). The molecule has 0 aliphatic heterocycles. The van der Waals surface area contributed by atoms with Gasteiger partial charge in [0.25, 0.3) is 0 Å². The van der Waals surface area contributed by atoms with Crippen molar-refractivity contribution < 1.29 is 0 Å². The van der Waals surface area contributed by atoms with E-state index >= 15 is 0 Å². The summed E-state index contributed by atoms with van der Waals surface area (Å²) >= 11 is 0. The molecule has 2 aliphatic carbocycles. The van der Waals surface area contributed by atoms with Crippen molar-refractivity contribution in [2.45, 2.75) is 53.4 Å². The number of rotatable bonds is 2. The van der Waals surface area contributed by atoms with Gasteiger partial charge < -0.3 is 0 Å². The molecule has 2 aliphatic rings. The highest BCUT2D eigenvalue weighted by Crippen LogP contribution is 2.57. The number of hydrogen-bond donors (Lipinski definition) is 0. The highest BCUT2D eigenvalue weighted by atomic mass is 14.6. The van der Waals surface area contributed by atoms with Gasteiger partial charge in [0, 0.05) is 0 Å². The highest BCUT2D eigenvalue weighted by Gasteiger charge is 2.51. The van der Waals surface area contributed by atoms with E-state index in [-0.39, 0.29) is 0 Å². The van der Waals surface area contributed by atoms with Crippen LogP contribution in [0.25, 0.3) is 0 Å². The van der Waals surface area contributed by atoms with Crippen LogP contribution in [0.3, 0.4) is 0 Å². The van der Waals surface area contributed by atoms with Crippen LogP contribution in [0.2, 0.25) is 0 Å². The van der Waals surface area contributed by atoms with E-state index in [1.165, 1.54) is 25.7 Å². The van der Waals surface area contributed by atoms with Gasteiger partial charge in [0.05, 0.1) is 0 Å². The maximum atomic E-state index is 2.49. The second kappa shape index (κ2) is 3.87. The van der Waals surface area contributed by atoms with Gasteiger partial charge in [-0.15, -0.1) is 0 Å². The van der Waals surface area contributed by atoms with Gasteiger partial charge >= 0.3 is 0 Å². The van der Waals surface area contributed by atoms with Crippen molar-refractivity contribution in [2.75, 3.05) is 0 Å². The molecule has 6 atom stereocenters. The zero-order valence-corrected chi connectivity index (χ0v) is 10.3. The Morgan fingerprint density at radius 1 is 1.07 bits per heavy atom. The maximum absolute atomic E-state index is 2.49. The summed E-state index contributed by atoms with van der Waals surface area (Å²) in [6.07, 6.45) is 5.91. The first kappa shape index (κ1) is 10.5. The molecule has 0 N–H and O–H groups in total. The molecule has 0 saturated heterocycles. The lowest BCUT2D eigenvalue weighted by Gasteiger charge is -2.33. The van der Waals surface area contributed by atoms with Gasteiger partial charge in [0.15, 0.2) is 0 Å². The lowest BCUT2D eigenvalue weighted by Crippen LogP contribution is -2.24. The SMILES string of the molecule is CCC1C(C)C1C1CC(C)CCC1C. The van der Waals surface area contributed by atoms with E-state index in [1.54, 1.807) is 0 Å². The van der Waals surface area contributed by atoms with Crippen LogP contribution in [0, 0.1) is 35.5 Å². The summed E-state index contributed by atoms with van der Waals surface area (Å²) in [5.41, 5.74) is 0. The van der Waals surface area contributed by atoms with E-state index in [0.717, 1.165) is 35.5 Å². The molecule has 14 heavy (non-hydrogen) atoms. The summed E-state index contributed by atoms with van der Waals surface area (Å²) in [5, 5.41) is 0. The molecule has 0 heteroatoms. The minimum Gasteiger partial charge on any atom is -0.0651 e. The van der Waals surface area contributed by atoms with Crippen LogP contribution >= 0.6 is 0 Å². The lowest BCUT2D eigenvalue weighted by molar-refractivity contribution is 0.170. The number of hydrogen-bond acceptors (Lipinski definition) is 0. The second-order valence-corrected chi connectivity index (χ2v) is 6.07. The van der Waals surface area contributed by atoms with E-state index in [4.69, 9.17) is 0 Å². The van der Waals surface area contributed by atoms with Gasteiger partial charge in [0.2, 0.25) is 0 Å². The van der Waals surface area contributed by atoms with Crippen LogP contribution in [-0.4, -0.2) is 0 Å². The van der Waals surface area contributed by atoms with Gasteiger partial charge in [-0.2, -0.15) is 0 Å². The molecule has 0 aromatic carbocycles. The molecule has 0 amide bonds. The van der Waals surface area contributed by atoms with Crippen molar-refractivity contribution in [1.29, 1.82) is 0 Å². The summed E-state index contributed by atoms with van der Waals surface area (Å²) in [6, 6.07) is 0. The summed E-state index contributed by atoms with van der Waals surface area (Å²) in [6.45, 7) is 9.80. The Bertz CT molecular complexity index is 196. The Hall–Kier alpha value is 0. The highest BCUT2D eigenvalue weighted by molar-refractivity contribution is 4.99. The quantitative estimate of drug-likeness (QED) is 0.613. The Morgan fingerprint density at radius 3 is 2.36 bits per heavy atom. The smallest absolute Gasteiger partial charge is 0.0324 e. The van der Waals surface area contributed by atoms with Crippen molar-refractivity contribution in [3.63, 3.8) is 0 Å². The van der Waals surface area contributed by atoms with Crippen molar-refractivity contribution >= 4 is 0 Å². The Kier molecular flexibility index (Phi) is 2.91. The molecule has 2 fully saturated rings. The van der Waals surface area contributed by atoms with Crippen LogP contribution in [0.5, 0.6) is 0 Å². The van der Waals surface area contributed by atoms with Gasteiger partial charge in [-0.05, 0) is 41.9 Å². The fraction of sp³-hybridized carbons (Fsp3) is 1.00. The van der Waals surface area contributed by atoms with Crippen LogP contribution in [0.15, 0.2) is 0 Å². The third-order valence-electron chi connectivity index (χ3n) is 5.12. The largest absolute Gasteiger partial charge is 0.0651 e. The topological polar surface area (TPSA) is 0 Å². The molecule has 0 bridgehead atoms. The molecule has 6 unspecified atom stereocenters. The van der Waals surface area contributed by atoms with E-state index in [9.17, 15) is 0 Å². The minimum atomic E-state index is 1.00. The van der Waals surface area contributed by atoms with Crippen molar-refractivity contribution in [3.8, 4) is 0 Å². The predicted octanol–water partition coefficient (Wildman–Crippen LogP) is 4.35. The maximum Gasteiger partial charge on any atom is -0.0324 e. The van der Waals surface area contributed by atoms with Gasteiger partial charge in [-0.1, -0.05) is 47.0 Å². The summed E-state index contributed by atoms with van der Waals surface area (Å²) < 4.78 is 0. The van der Waals surface area contributed by atoms with Crippen molar-refractivity contribution in [3.05, 3.63) is 0 Å². The molecular formula is C14H26. The fourth-order valence-corrected chi connectivity index (χ4v) is 4.04. The van der Waals surface area contributed by atoms with Crippen molar-refractivity contribution in [1.82, 2.24) is 0 Å². The zero-order valence-electron chi connectivity index (χ0n) is 10.3. The molecular weight excluding hydrogens is 168 g/mol. The van der Waals surface area contributed by atoms with Crippen LogP contribution in [0.1, 0.15) is 53.4 Å². The van der Waals surface area contributed by atoms with Gasteiger partial charge in [-0.3, -0.25) is 0 Å². The molecule has 0 radical (unpaired) electrons. The average molecular weight is 194 g/mol. The fourth-order valence-electron chi connectivity index (χ4n) is 4.04. The third-order valence-corrected chi connectivity index (χ3v) is 5.12. The Morgan fingerprint density at radius 2 is 1.79 bits per heavy atom. The first-order chi connectivity index (χ1) is 6.65. The first-order valence-corrected chi connectivity index (χ1v) is 6.65.